The average Bonchev–Trinajstić information content (AvgIpc) is 2.90. The second kappa shape index (κ2) is 6.32. The summed E-state index contributed by atoms with van der Waals surface area (Å²) >= 11 is 0. The van der Waals surface area contributed by atoms with Crippen molar-refractivity contribution in [1.29, 1.82) is 0 Å². The van der Waals surface area contributed by atoms with Crippen molar-refractivity contribution in [2.45, 2.75) is 63.9 Å². The molecule has 21 heavy (non-hydrogen) atoms. The zero-order valence-electron chi connectivity index (χ0n) is 12.8. The van der Waals surface area contributed by atoms with Crippen LogP contribution in [0.15, 0.2) is 18.2 Å². The lowest BCUT2D eigenvalue weighted by Gasteiger charge is -2.35. The van der Waals surface area contributed by atoms with Gasteiger partial charge < -0.3 is 14.8 Å². The van der Waals surface area contributed by atoms with Gasteiger partial charge in [0.1, 0.15) is 17.7 Å². The molecule has 1 aromatic rings. The van der Waals surface area contributed by atoms with E-state index < -0.39 is 0 Å². The Labute approximate surface area is 125 Å². The Morgan fingerprint density at radius 1 is 1.29 bits per heavy atom. The van der Waals surface area contributed by atoms with Crippen molar-refractivity contribution >= 4 is 0 Å². The van der Waals surface area contributed by atoms with Crippen LogP contribution >= 0.6 is 0 Å². The molecule has 116 valence electrons. The van der Waals surface area contributed by atoms with E-state index in [0.29, 0.717) is 11.9 Å². The largest absolute Gasteiger partial charge is 0.487 e. The molecule has 4 heteroatoms. The van der Waals surface area contributed by atoms with Crippen LogP contribution in [0.5, 0.6) is 5.75 Å². The smallest absolute Gasteiger partial charge is 0.127 e. The van der Waals surface area contributed by atoms with Crippen molar-refractivity contribution in [3.63, 3.8) is 0 Å². The third-order valence-electron chi connectivity index (χ3n) is 4.42. The van der Waals surface area contributed by atoms with Crippen molar-refractivity contribution in [2.24, 2.45) is 0 Å². The van der Waals surface area contributed by atoms with Crippen LogP contribution in [-0.2, 0) is 4.74 Å². The summed E-state index contributed by atoms with van der Waals surface area (Å²) in [6.45, 7) is 5.20. The quantitative estimate of drug-likeness (QED) is 0.920. The molecule has 1 N–H and O–H groups in total. The van der Waals surface area contributed by atoms with Crippen molar-refractivity contribution in [2.75, 3.05) is 6.54 Å². The summed E-state index contributed by atoms with van der Waals surface area (Å²) < 4.78 is 25.5. The first-order valence-electron chi connectivity index (χ1n) is 8.02. The lowest BCUT2D eigenvalue weighted by atomic mass is 9.93. The van der Waals surface area contributed by atoms with Crippen LogP contribution in [0, 0.1) is 5.82 Å². The number of halogens is 1. The monoisotopic (exact) mass is 293 g/mol. The van der Waals surface area contributed by atoms with Crippen molar-refractivity contribution in [3.8, 4) is 5.75 Å². The van der Waals surface area contributed by atoms with E-state index >= 15 is 0 Å². The van der Waals surface area contributed by atoms with Crippen LogP contribution in [0.3, 0.4) is 0 Å². The van der Waals surface area contributed by atoms with Gasteiger partial charge in [-0.25, -0.2) is 4.39 Å². The van der Waals surface area contributed by atoms with E-state index in [4.69, 9.17) is 9.47 Å². The van der Waals surface area contributed by atoms with E-state index in [9.17, 15) is 4.39 Å². The minimum absolute atomic E-state index is 0.0126. The Morgan fingerprint density at radius 3 is 2.86 bits per heavy atom. The second-order valence-electron chi connectivity index (χ2n) is 6.14. The topological polar surface area (TPSA) is 30.5 Å². The molecule has 2 heterocycles. The minimum atomic E-state index is -0.246. The molecule has 3 rings (SSSR count). The first-order valence-corrected chi connectivity index (χ1v) is 8.02. The number of fused-ring (bicyclic) bond motifs is 1. The average molecular weight is 293 g/mol. The Kier molecular flexibility index (Phi) is 4.45. The summed E-state index contributed by atoms with van der Waals surface area (Å²) in [7, 11) is 0. The molecule has 4 atom stereocenters. The zero-order valence-corrected chi connectivity index (χ0v) is 12.8. The van der Waals surface area contributed by atoms with Crippen molar-refractivity contribution in [3.05, 3.63) is 29.6 Å². The summed E-state index contributed by atoms with van der Waals surface area (Å²) in [6.07, 6.45) is 4.51. The maximum absolute atomic E-state index is 13.5. The van der Waals surface area contributed by atoms with Gasteiger partial charge in [-0.1, -0.05) is 13.0 Å². The fourth-order valence-corrected chi connectivity index (χ4v) is 3.32. The zero-order chi connectivity index (χ0) is 14.8. The molecule has 3 nitrogen and oxygen atoms in total. The van der Waals surface area contributed by atoms with Gasteiger partial charge in [0.2, 0.25) is 0 Å². The SMILES string of the molecule is CCCNC1CC(C2CCC(C)O2)Oc2cc(F)ccc21. The fourth-order valence-electron chi connectivity index (χ4n) is 3.32. The molecular weight excluding hydrogens is 269 g/mol. The Balaban J connectivity index is 1.81. The van der Waals surface area contributed by atoms with Crippen LogP contribution in [0.2, 0.25) is 0 Å². The van der Waals surface area contributed by atoms with Gasteiger partial charge in [-0.05, 0) is 38.8 Å². The number of hydrogen-bond donors (Lipinski definition) is 1. The van der Waals surface area contributed by atoms with Gasteiger partial charge >= 0.3 is 0 Å². The predicted molar refractivity (Wildman–Crippen MR) is 80.0 cm³/mol. The molecule has 0 aromatic heterocycles. The van der Waals surface area contributed by atoms with E-state index in [2.05, 4.69) is 19.2 Å². The first kappa shape index (κ1) is 14.8. The van der Waals surface area contributed by atoms with Crippen LogP contribution < -0.4 is 10.1 Å². The van der Waals surface area contributed by atoms with Crippen LogP contribution in [0.25, 0.3) is 0 Å². The van der Waals surface area contributed by atoms with E-state index in [1.54, 1.807) is 0 Å². The summed E-state index contributed by atoms with van der Waals surface area (Å²) in [5, 5.41) is 3.55. The third-order valence-corrected chi connectivity index (χ3v) is 4.42. The Bertz CT molecular complexity index is 494. The number of benzene rings is 1. The van der Waals surface area contributed by atoms with E-state index in [1.807, 2.05) is 6.07 Å². The second-order valence-corrected chi connectivity index (χ2v) is 6.14. The van der Waals surface area contributed by atoms with Crippen LogP contribution in [-0.4, -0.2) is 24.9 Å². The highest BCUT2D eigenvalue weighted by molar-refractivity contribution is 5.38. The van der Waals surface area contributed by atoms with Gasteiger partial charge in [0.25, 0.3) is 0 Å². The van der Waals surface area contributed by atoms with Crippen LogP contribution in [0.1, 0.15) is 51.1 Å². The standard InChI is InChI=1S/C17H24FNO2/c1-3-8-19-14-10-17(15-7-4-11(2)20-15)21-16-9-12(18)5-6-13(14)16/h5-6,9,11,14-15,17,19H,3-4,7-8,10H2,1-2H3. The number of hydrogen-bond acceptors (Lipinski definition) is 3. The normalized spacial score (nSPS) is 31.8. The third kappa shape index (κ3) is 3.22. The molecule has 0 amide bonds. The van der Waals surface area contributed by atoms with Crippen LogP contribution in [0.4, 0.5) is 4.39 Å². The molecule has 0 radical (unpaired) electrons. The molecule has 0 bridgehead atoms. The van der Waals surface area contributed by atoms with Gasteiger partial charge in [0, 0.05) is 24.1 Å². The molecular formula is C17H24FNO2. The number of ether oxygens (including phenoxy) is 2. The van der Waals surface area contributed by atoms with Gasteiger partial charge in [-0.2, -0.15) is 0 Å². The molecule has 1 saturated heterocycles. The van der Waals surface area contributed by atoms with Gasteiger partial charge in [-0.3, -0.25) is 0 Å². The molecule has 1 fully saturated rings. The molecule has 0 saturated carbocycles. The lowest BCUT2D eigenvalue weighted by Crippen LogP contribution is -2.40. The predicted octanol–water partition coefficient (Wildman–Crippen LogP) is 3.59. The molecule has 2 aliphatic rings. The van der Waals surface area contributed by atoms with Gasteiger partial charge in [0.05, 0.1) is 12.2 Å². The highest BCUT2D eigenvalue weighted by Gasteiger charge is 2.37. The molecule has 0 spiro atoms. The maximum atomic E-state index is 13.5. The van der Waals surface area contributed by atoms with E-state index in [1.165, 1.54) is 12.1 Å². The summed E-state index contributed by atoms with van der Waals surface area (Å²) in [4.78, 5) is 0. The lowest BCUT2D eigenvalue weighted by molar-refractivity contribution is -0.0301. The first-order chi connectivity index (χ1) is 10.2. The molecule has 2 aliphatic heterocycles. The van der Waals surface area contributed by atoms with Crippen molar-refractivity contribution in [1.82, 2.24) is 5.32 Å². The maximum Gasteiger partial charge on any atom is 0.127 e. The fraction of sp³-hybridized carbons (Fsp3) is 0.647. The molecule has 4 unspecified atom stereocenters. The van der Waals surface area contributed by atoms with Gasteiger partial charge in [0.15, 0.2) is 0 Å². The van der Waals surface area contributed by atoms with Crippen molar-refractivity contribution < 1.29 is 13.9 Å². The van der Waals surface area contributed by atoms with Gasteiger partial charge in [-0.15, -0.1) is 0 Å². The summed E-state index contributed by atoms with van der Waals surface area (Å²) in [5.41, 5.74) is 1.06. The number of rotatable bonds is 4. The minimum Gasteiger partial charge on any atom is -0.487 e. The van der Waals surface area contributed by atoms with E-state index in [0.717, 1.165) is 37.8 Å². The molecule has 0 aliphatic carbocycles. The highest BCUT2D eigenvalue weighted by atomic mass is 19.1. The summed E-state index contributed by atoms with van der Waals surface area (Å²) in [6, 6.07) is 5.07. The number of nitrogens with one attached hydrogen (secondary N) is 1. The highest BCUT2D eigenvalue weighted by Crippen LogP contribution is 2.38. The Hall–Kier alpha value is -1.13. The van der Waals surface area contributed by atoms with E-state index in [-0.39, 0.29) is 24.1 Å². The summed E-state index contributed by atoms with van der Waals surface area (Å²) in [5.74, 6) is 0.423. The molecule has 1 aromatic carbocycles. The Morgan fingerprint density at radius 2 is 2.14 bits per heavy atom.